The fourth-order valence-corrected chi connectivity index (χ4v) is 3.38. The molecule has 0 aliphatic carbocycles. The number of hydrogen-bond acceptors (Lipinski definition) is 4. The Bertz CT molecular complexity index is 595. The van der Waals surface area contributed by atoms with Crippen molar-refractivity contribution in [1.29, 1.82) is 0 Å². The Labute approximate surface area is 136 Å². The van der Waals surface area contributed by atoms with Crippen LogP contribution in [0.2, 0.25) is 5.02 Å². The zero-order chi connectivity index (χ0) is 15.4. The van der Waals surface area contributed by atoms with Gasteiger partial charge in [0.2, 0.25) is 0 Å². The Morgan fingerprint density at radius 2 is 2.14 bits per heavy atom. The summed E-state index contributed by atoms with van der Waals surface area (Å²) >= 11 is 8.13. The summed E-state index contributed by atoms with van der Waals surface area (Å²) in [5.41, 5.74) is 5.31. The van der Waals surface area contributed by atoms with Crippen molar-refractivity contribution < 1.29 is 0 Å². The molecule has 5 heteroatoms. The van der Waals surface area contributed by atoms with E-state index in [0.717, 1.165) is 29.5 Å². The molecule has 0 fully saturated rings. The van der Waals surface area contributed by atoms with E-state index in [0.29, 0.717) is 6.04 Å². The molecule has 0 bridgehead atoms. The van der Waals surface area contributed by atoms with Crippen molar-refractivity contribution in [3.63, 3.8) is 0 Å². The number of hydrogen-bond donors (Lipinski definition) is 1. The SMILES string of the molecule is Cc1ncsc1CN(C)c1c(Cl)cccc1CNC(C)C. The van der Waals surface area contributed by atoms with Crippen LogP contribution in [0.5, 0.6) is 0 Å². The lowest BCUT2D eigenvalue weighted by molar-refractivity contribution is 0.588. The van der Waals surface area contributed by atoms with Gasteiger partial charge in [-0.15, -0.1) is 11.3 Å². The molecule has 2 aromatic rings. The second-order valence-corrected chi connectivity index (χ2v) is 6.85. The fourth-order valence-electron chi connectivity index (χ4n) is 2.22. The van der Waals surface area contributed by atoms with Crippen LogP contribution in [-0.2, 0) is 13.1 Å². The predicted molar refractivity (Wildman–Crippen MR) is 92.4 cm³/mol. The molecule has 3 nitrogen and oxygen atoms in total. The van der Waals surface area contributed by atoms with Crippen LogP contribution in [0.25, 0.3) is 0 Å². The summed E-state index contributed by atoms with van der Waals surface area (Å²) in [6.07, 6.45) is 0. The minimum atomic E-state index is 0.450. The number of benzene rings is 1. The van der Waals surface area contributed by atoms with Gasteiger partial charge >= 0.3 is 0 Å². The van der Waals surface area contributed by atoms with Gasteiger partial charge in [0.1, 0.15) is 0 Å². The molecule has 1 heterocycles. The second-order valence-electron chi connectivity index (χ2n) is 5.50. The van der Waals surface area contributed by atoms with Gasteiger partial charge in [0, 0.05) is 24.5 Å². The fraction of sp³-hybridized carbons (Fsp3) is 0.438. The van der Waals surface area contributed by atoms with E-state index in [1.54, 1.807) is 11.3 Å². The first-order chi connectivity index (χ1) is 9.99. The average Bonchev–Trinajstić information content (AvgIpc) is 2.81. The highest BCUT2D eigenvalue weighted by Crippen LogP contribution is 2.31. The van der Waals surface area contributed by atoms with Crippen LogP contribution in [0, 0.1) is 6.92 Å². The van der Waals surface area contributed by atoms with Crippen LogP contribution in [-0.4, -0.2) is 18.1 Å². The van der Waals surface area contributed by atoms with Gasteiger partial charge in [-0.1, -0.05) is 37.6 Å². The van der Waals surface area contributed by atoms with E-state index in [-0.39, 0.29) is 0 Å². The predicted octanol–water partition coefficient (Wildman–Crippen LogP) is 4.24. The molecule has 0 aliphatic rings. The maximum Gasteiger partial charge on any atom is 0.0798 e. The first-order valence-corrected chi connectivity index (χ1v) is 8.35. The Morgan fingerprint density at radius 3 is 2.76 bits per heavy atom. The normalized spacial score (nSPS) is 11.1. The van der Waals surface area contributed by atoms with Crippen molar-refractivity contribution in [2.24, 2.45) is 0 Å². The molecule has 0 saturated carbocycles. The number of aryl methyl sites for hydroxylation is 1. The molecule has 1 N–H and O–H groups in total. The van der Waals surface area contributed by atoms with Gasteiger partial charge in [0.25, 0.3) is 0 Å². The third-order valence-electron chi connectivity index (χ3n) is 3.38. The maximum absolute atomic E-state index is 6.44. The quantitative estimate of drug-likeness (QED) is 0.861. The average molecular weight is 324 g/mol. The van der Waals surface area contributed by atoms with Crippen molar-refractivity contribution >= 4 is 28.6 Å². The summed E-state index contributed by atoms with van der Waals surface area (Å²) in [7, 11) is 2.08. The van der Waals surface area contributed by atoms with Gasteiger partial charge in [-0.2, -0.15) is 0 Å². The first-order valence-electron chi connectivity index (χ1n) is 7.10. The van der Waals surface area contributed by atoms with Crippen LogP contribution >= 0.6 is 22.9 Å². The number of nitrogens with zero attached hydrogens (tertiary/aromatic N) is 2. The molecular weight excluding hydrogens is 302 g/mol. The van der Waals surface area contributed by atoms with Gasteiger partial charge < -0.3 is 10.2 Å². The number of para-hydroxylation sites is 1. The van der Waals surface area contributed by atoms with Gasteiger partial charge in [-0.3, -0.25) is 0 Å². The van der Waals surface area contributed by atoms with E-state index < -0.39 is 0 Å². The maximum atomic E-state index is 6.44. The number of rotatable bonds is 6. The highest BCUT2D eigenvalue weighted by atomic mass is 35.5. The van der Waals surface area contributed by atoms with Crippen molar-refractivity contribution in [3.05, 3.63) is 44.9 Å². The van der Waals surface area contributed by atoms with E-state index >= 15 is 0 Å². The van der Waals surface area contributed by atoms with E-state index in [1.165, 1.54) is 10.4 Å². The van der Waals surface area contributed by atoms with Crippen LogP contribution in [0.15, 0.2) is 23.7 Å². The summed E-state index contributed by atoms with van der Waals surface area (Å²) in [5.74, 6) is 0. The molecule has 0 aliphatic heterocycles. The summed E-state index contributed by atoms with van der Waals surface area (Å²) in [4.78, 5) is 7.80. The number of aromatic nitrogens is 1. The van der Waals surface area contributed by atoms with Gasteiger partial charge in [-0.05, 0) is 18.6 Å². The van der Waals surface area contributed by atoms with Gasteiger partial charge in [0.15, 0.2) is 0 Å². The van der Waals surface area contributed by atoms with Crippen LogP contribution < -0.4 is 10.2 Å². The number of halogens is 1. The van der Waals surface area contributed by atoms with Crippen molar-refractivity contribution in [3.8, 4) is 0 Å². The Kier molecular flexibility index (Phi) is 5.62. The summed E-state index contributed by atoms with van der Waals surface area (Å²) in [5, 5.41) is 4.25. The van der Waals surface area contributed by atoms with Crippen molar-refractivity contribution in [2.75, 3.05) is 11.9 Å². The molecule has 1 aromatic heterocycles. The van der Waals surface area contributed by atoms with Gasteiger partial charge in [0.05, 0.1) is 28.5 Å². The highest BCUT2D eigenvalue weighted by molar-refractivity contribution is 7.09. The Morgan fingerprint density at radius 1 is 1.38 bits per heavy atom. The lowest BCUT2D eigenvalue weighted by atomic mass is 10.1. The smallest absolute Gasteiger partial charge is 0.0798 e. The molecule has 2 rings (SSSR count). The summed E-state index contributed by atoms with van der Waals surface area (Å²) in [6, 6.07) is 6.54. The molecule has 0 unspecified atom stereocenters. The minimum Gasteiger partial charge on any atom is -0.368 e. The number of thiazole rings is 1. The number of anilines is 1. The monoisotopic (exact) mass is 323 g/mol. The van der Waals surface area contributed by atoms with Crippen molar-refractivity contribution in [2.45, 2.75) is 39.9 Å². The molecular formula is C16H22ClN3S. The van der Waals surface area contributed by atoms with E-state index in [9.17, 15) is 0 Å². The van der Waals surface area contributed by atoms with Crippen LogP contribution in [0.4, 0.5) is 5.69 Å². The Balaban J connectivity index is 2.22. The summed E-state index contributed by atoms with van der Waals surface area (Å²) < 4.78 is 0. The lowest BCUT2D eigenvalue weighted by Crippen LogP contribution is -2.24. The van der Waals surface area contributed by atoms with Crippen molar-refractivity contribution in [1.82, 2.24) is 10.3 Å². The molecule has 1 aromatic carbocycles. The molecule has 114 valence electrons. The third-order valence-corrected chi connectivity index (χ3v) is 4.60. The third kappa shape index (κ3) is 4.19. The van der Waals surface area contributed by atoms with E-state index in [4.69, 9.17) is 11.6 Å². The minimum absolute atomic E-state index is 0.450. The molecule has 21 heavy (non-hydrogen) atoms. The zero-order valence-corrected chi connectivity index (χ0v) is 14.6. The molecule has 0 spiro atoms. The second kappa shape index (κ2) is 7.25. The molecule has 0 saturated heterocycles. The molecule has 0 amide bonds. The lowest BCUT2D eigenvalue weighted by Gasteiger charge is -2.24. The van der Waals surface area contributed by atoms with Gasteiger partial charge in [-0.25, -0.2) is 4.98 Å². The Hall–Kier alpha value is -1.10. The standard InChI is InChI=1S/C16H22ClN3S/c1-11(2)18-8-13-6-5-7-14(17)16(13)20(4)9-15-12(3)19-10-21-15/h5-7,10-11,18H,8-9H2,1-4H3. The zero-order valence-electron chi connectivity index (χ0n) is 13.0. The highest BCUT2D eigenvalue weighted by Gasteiger charge is 2.14. The number of nitrogens with one attached hydrogen (secondary N) is 1. The summed E-state index contributed by atoms with van der Waals surface area (Å²) in [6.45, 7) is 7.99. The van der Waals surface area contributed by atoms with Crippen LogP contribution in [0.3, 0.4) is 0 Å². The van der Waals surface area contributed by atoms with E-state index in [2.05, 4.69) is 42.2 Å². The molecule has 0 atom stereocenters. The first kappa shape index (κ1) is 16.3. The van der Waals surface area contributed by atoms with E-state index in [1.807, 2.05) is 24.6 Å². The largest absolute Gasteiger partial charge is 0.368 e. The topological polar surface area (TPSA) is 28.2 Å². The van der Waals surface area contributed by atoms with Crippen LogP contribution in [0.1, 0.15) is 30.0 Å². The molecule has 0 radical (unpaired) electrons.